The van der Waals surface area contributed by atoms with Crippen LogP contribution in [0.2, 0.25) is 5.02 Å². The van der Waals surface area contributed by atoms with Crippen LogP contribution in [-0.2, 0) is 11.2 Å². The standard InChI is InChI=1S/C16H16ClNO2/c17-14-8-6-12(7-9-14)10-16(20)18-11-15(19)13-4-2-1-3-5-13/h1-9,15,19H,10-11H2,(H,18,20)/t15-/m0/s1. The quantitative estimate of drug-likeness (QED) is 0.889. The van der Waals surface area contributed by atoms with E-state index in [1.54, 1.807) is 12.1 Å². The molecule has 0 aliphatic carbocycles. The van der Waals surface area contributed by atoms with Crippen LogP contribution in [0.3, 0.4) is 0 Å². The van der Waals surface area contributed by atoms with Gasteiger partial charge in [0, 0.05) is 11.6 Å². The number of nitrogens with one attached hydrogen (secondary N) is 1. The van der Waals surface area contributed by atoms with Crippen LogP contribution >= 0.6 is 11.6 Å². The molecule has 2 aromatic carbocycles. The number of rotatable bonds is 5. The highest BCUT2D eigenvalue weighted by atomic mass is 35.5. The Morgan fingerprint density at radius 1 is 1.10 bits per heavy atom. The zero-order chi connectivity index (χ0) is 14.4. The van der Waals surface area contributed by atoms with Crippen molar-refractivity contribution in [1.82, 2.24) is 5.32 Å². The lowest BCUT2D eigenvalue weighted by Crippen LogP contribution is -2.29. The Hall–Kier alpha value is -1.84. The summed E-state index contributed by atoms with van der Waals surface area (Å²) < 4.78 is 0. The van der Waals surface area contributed by atoms with Gasteiger partial charge in [-0.1, -0.05) is 54.1 Å². The van der Waals surface area contributed by atoms with Crippen molar-refractivity contribution in [3.8, 4) is 0 Å². The third-order valence-electron chi connectivity index (χ3n) is 2.95. The molecule has 0 saturated carbocycles. The number of benzene rings is 2. The maximum atomic E-state index is 11.8. The SMILES string of the molecule is O=C(Cc1ccc(Cl)cc1)NC[C@H](O)c1ccccc1. The van der Waals surface area contributed by atoms with Gasteiger partial charge in [0.1, 0.15) is 0 Å². The Labute approximate surface area is 123 Å². The first-order valence-corrected chi connectivity index (χ1v) is 6.77. The lowest BCUT2D eigenvalue weighted by atomic mass is 10.1. The summed E-state index contributed by atoms with van der Waals surface area (Å²) in [7, 11) is 0. The fourth-order valence-electron chi connectivity index (χ4n) is 1.85. The molecule has 2 N–H and O–H groups in total. The summed E-state index contributed by atoms with van der Waals surface area (Å²) in [5.74, 6) is -0.123. The number of amides is 1. The van der Waals surface area contributed by atoms with Crippen LogP contribution in [0.25, 0.3) is 0 Å². The van der Waals surface area contributed by atoms with Gasteiger partial charge < -0.3 is 10.4 Å². The molecule has 0 unspecified atom stereocenters. The topological polar surface area (TPSA) is 49.3 Å². The van der Waals surface area contributed by atoms with Crippen molar-refractivity contribution < 1.29 is 9.90 Å². The second kappa shape index (κ2) is 7.08. The molecule has 0 aromatic heterocycles. The minimum absolute atomic E-state index is 0.123. The molecule has 4 heteroatoms. The van der Waals surface area contributed by atoms with E-state index in [9.17, 15) is 9.90 Å². The summed E-state index contributed by atoms with van der Waals surface area (Å²) in [6, 6.07) is 16.4. The minimum Gasteiger partial charge on any atom is -0.387 e. The van der Waals surface area contributed by atoms with E-state index in [2.05, 4.69) is 5.32 Å². The Kier molecular flexibility index (Phi) is 5.16. The molecule has 0 bridgehead atoms. The molecule has 0 aliphatic heterocycles. The smallest absolute Gasteiger partial charge is 0.224 e. The monoisotopic (exact) mass is 289 g/mol. The van der Waals surface area contributed by atoms with Crippen LogP contribution < -0.4 is 5.32 Å². The molecule has 1 amide bonds. The number of aliphatic hydroxyl groups is 1. The normalized spacial score (nSPS) is 11.9. The van der Waals surface area contributed by atoms with Gasteiger partial charge in [-0.2, -0.15) is 0 Å². The molecule has 3 nitrogen and oxygen atoms in total. The first kappa shape index (κ1) is 14.6. The van der Waals surface area contributed by atoms with E-state index < -0.39 is 6.10 Å². The first-order chi connectivity index (χ1) is 9.65. The van der Waals surface area contributed by atoms with Crippen molar-refractivity contribution in [1.29, 1.82) is 0 Å². The molecule has 2 rings (SSSR count). The van der Waals surface area contributed by atoms with Crippen LogP contribution in [-0.4, -0.2) is 17.6 Å². The first-order valence-electron chi connectivity index (χ1n) is 6.39. The number of carbonyl (C=O) groups excluding carboxylic acids is 1. The van der Waals surface area contributed by atoms with Crippen LogP contribution in [0.5, 0.6) is 0 Å². The number of aliphatic hydroxyl groups excluding tert-OH is 1. The molecule has 0 fully saturated rings. The van der Waals surface area contributed by atoms with Gasteiger partial charge in [0.05, 0.1) is 12.5 Å². The molecule has 2 aromatic rings. The van der Waals surface area contributed by atoms with Gasteiger partial charge in [0.15, 0.2) is 0 Å². The van der Waals surface area contributed by atoms with E-state index in [1.807, 2.05) is 42.5 Å². The van der Waals surface area contributed by atoms with Crippen LogP contribution in [0, 0.1) is 0 Å². The molecular weight excluding hydrogens is 274 g/mol. The number of halogens is 1. The summed E-state index contributed by atoms with van der Waals surface area (Å²) in [5.41, 5.74) is 1.68. The van der Waals surface area contributed by atoms with Gasteiger partial charge in [0.25, 0.3) is 0 Å². The number of carbonyl (C=O) groups is 1. The predicted octanol–water partition coefficient (Wildman–Crippen LogP) is 2.73. The summed E-state index contributed by atoms with van der Waals surface area (Å²) in [6.45, 7) is 0.205. The van der Waals surface area contributed by atoms with Crippen LogP contribution in [0.15, 0.2) is 54.6 Å². The minimum atomic E-state index is -0.689. The van der Waals surface area contributed by atoms with Gasteiger partial charge >= 0.3 is 0 Å². The molecule has 0 aliphatic rings. The lowest BCUT2D eigenvalue weighted by molar-refractivity contribution is -0.120. The lowest BCUT2D eigenvalue weighted by Gasteiger charge is -2.12. The Bertz CT molecular complexity index is 554. The fraction of sp³-hybridized carbons (Fsp3) is 0.188. The third kappa shape index (κ3) is 4.37. The van der Waals surface area contributed by atoms with E-state index in [1.165, 1.54) is 0 Å². The van der Waals surface area contributed by atoms with Crippen molar-refractivity contribution >= 4 is 17.5 Å². The Balaban J connectivity index is 1.82. The zero-order valence-electron chi connectivity index (χ0n) is 10.9. The highest BCUT2D eigenvalue weighted by Gasteiger charge is 2.09. The summed E-state index contributed by atoms with van der Waals surface area (Å²) in [5, 5.41) is 13.3. The second-order valence-corrected chi connectivity index (χ2v) is 4.97. The van der Waals surface area contributed by atoms with E-state index in [-0.39, 0.29) is 18.9 Å². The molecule has 1 atom stereocenters. The summed E-state index contributed by atoms with van der Waals surface area (Å²) in [6.07, 6.45) is -0.413. The van der Waals surface area contributed by atoms with Gasteiger partial charge in [-0.15, -0.1) is 0 Å². The van der Waals surface area contributed by atoms with Gasteiger partial charge in [-0.25, -0.2) is 0 Å². The Morgan fingerprint density at radius 3 is 2.40 bits per heavy atom. The molecule has 20 heavy (non-hydrogen) atoms. The molecule has 0 saturated heterocycles. The highest BCUT2D eigenvalue weighted by molar-refractivity contribution is 6.30. The fourth-order valence-corrected chi connectivity index (χ4v) is 1.98. The van der Waals surface area contributed by atoms with Gasteiger partial charge in [-0.3, -0.25) is 4.79 Å². The van der Waals surface area contributed by atoms with Gasteiger partial charge in [0.2, 0.25) is 5.91 Å². The van der Waals surface area contributed by atoms with Crippen molar-refractivity contribution in [2.24, 2.45) is 0 Å². The highest BCUT2D eigenvalue weighted by Crippen LogP contribution is 2.11. The summed E-state index contributed by atoms with van der Waals surface area (Å²) >= 11 is 5.79. The van der Waals surface area contributed by atoms with Crippen LogP contribution in [0.4, 0.5) is 0 Å². The van der Waals surface area contributed by atoms with E-state index in [4.69, 9.17) is 11.6 Å². The maximum Gasteiger partial charge on any atom is 0.224 e. The molecule has 0 radical (unpaired) electrons. The Morgan fingerprint density at radius 2 is 1.75 bits per heavy atom. The largest absolute Gasteiger partial charge is 0.387 e. The van der Waals surface area contributed by atoms with E-state index >= 15 is 0 Å². The molecular formula is C16H16ClNO2. The van der Waals surface area contributed by atoms with Crippen molar-refractivity contribution in [3.63, 3.8) is 0 Å². The average molecular weight is 290 g/mol. The van der Waals surface area contributed by atoms with Crippen molar-refractivity contribution in [2.75, 3.05) is 6.54 Å². The zero-order valence-corrected chi connectivity index (χ0v) is 11.7. The van der Waals surface area contributed by atoms with Crippen LogP contribution in [0.1, 0.15) is 17.2 Å². The summed E-state index contributed by atoms with van der Waals surface area (Å²) in [4.78, 5) is 11.8. The molecule has 0 spiro atoms. The second-order valence-electron chi connectivity index (χ2n) is 4.53. The average Bonchev–Trinajstić information content (AvgIpc) is 2.48. The van der Waals surface area contributed by atoms with E-state index in [0.717, 1.165) is 11.1 Å². The maximum absolute atomic E-state index is 11.8. The third-order valence-corrected chi connectivity index (χ3v) is 3.21. The van der Waals surface area contributed by atoms with Crippen molar-refractivity contribution in [3.05, 3.63) is 70.7 Å². The number of hydrogen-bond donors (Lipinski definition) is 2. The molecule has 104 valence electrons. The number of hydrogen-bond acceptors (Lipinski definition) is 2. The van der Waals surface area contributed by atoms with Gasteiger partial charge in [-0.05, 0) is 23.3 Å². The van der Waals surface area contributed by atoms with Crippen molar-refractivity contribution in [2.45, 2.75) is 12.5 Å². The molecule has 0 heterocycles. The van der Waals surface area contributed by atoms with E-state index in [0.29, 0.717) is 5.02 Å². The predicted molar refractivity (Wildman–Crippen MR) is 79.6 cm³/mol.